The summed E-state index contributed by atoms with van der Waals surface area (Å²) in [6, 6.07) is 31.8. The van der Waals surface area contributed by atoms with Crippen LogP contribution in [0.4, 0.5) is 0 Å². The van der Waals surface area contributed by atoms with Gasteiger partial charge in [0.1, 0.15) is 0 Å². The monoisotopic (exact) mass is 252 g/mol. The third kappa shape index (κ3) is 1.70. The molecule has 0 heterocycles. The summed E-state index contributed by atoms with van der Waals surface area (Å²) in [5.74, 6) is 0. The molecule has 0 aliphatic heterocycles. The van der Waals surface area contributed by atoms with E-state index in [0.717, 1.165) is 11.1 Å². The molecular weight excluding hydrogens is 240 g/mol. The van der Waals surface area contributed by atoms with E-state index in [4.69, 9.17) is 0 Å². The minimum Gasteiger partial charge on any atom is -0.0616 e. The fourth-order valence-electron chi connectivity index (χ4n) is 2.74. The molecule has 4 rings (SSSR count). The zero-order valence-corrected chi connectivity index (χ0v) is 10.9. The SMILES string of the molecule is [c]1ccc2ccccc2c1-c1[c]ccc2ccccc12. The molecule has 0 saturated heterocycles. The Balaban J connectivity index is 2.12. The van der Waals surface area contributed by atoms with Gasteiger partial charge in [-0.3, -0.25) is 0 Å². The maximum atomic E-state index is 3.39. The minimum atomic E-state index is 1.12. The van der Waals surface area contributed by atoms with Gasteiger partial charge in [-0.1, -0.05) is 72.8 Å². The van der Waals surface area contributed by atoms with Gasteiger partial charge in [0.25, 0.3) is 0 Å². The van der Waals surface area contributed by atoms with Gasteiger partial charge in [0.05, 0.1) is 0 Å². The summed E-state index contributed by atoms with van der Waals surface area (Å²) in [5.41, 5.74) is 2.25. The van der Waals surface area contributed by atoms with Gasteiger partial charge in [-0.2, -0.15) is 0 Å². The minimum absolute atomic E-state index is 1.12. The number of hydrogen-bond acceptors (Lipinski definition) is 0. The molecule has 2 radical (unpaired) electrons. The van der Waals surface area contributed by atoms with Gasteiger partial charge >= 0.3 is 0 Å². The Morgan fingerprint density at radius 2 is 0.950 bits per heavy atom. The maximum absolute atomic E-state index is 3.39. The van der Waals surface area contributed by atoms with Crippen LogP contribution in [0, 0.1) is 12.1 Å². The van der Waals surface area contributed by atoms with Gasteiger partial charge in [0, 0.05) is 0 Å². The number of rotatable bonds is 1. The maximum Gasteiger partial charge on any atom is -0.00141 e. The lowest BCUT2D eigenvalue weighted by molar-refractivity contribution is 1.67. The molecule has 0 amide bonds. The van der Waals surface area contributed by atoms with Crippen LogP contribution in [0.1, 0.15) is 0 Å². The van der Waals surface area contributed by atoms with Crippen molar-refractivity contribution in [3.63, 3.8) is 0 Å². The largest absolute Gasteiger partial charge is 0.0616 e. The van der Waals surface area contributed by atoms with Crippen molar-refractivity contribution in [3.05, 3.63) is 84.9 Å². The normalized spacial score (nSPS) is 11.0. The first-order valence-electron chi connectivity index (χ1n) is 6.73. The topological polar surface area (TPSA) is 0 Å². The second-order valence-electron chi connectivity index (χ2n) is 4.88. The van der Waals surface area contributed by atoms with Crippen molar-refractivity contribution in [1.29, 1.82) is 0 Å². The Labute approximate surface area is 118 Å². The third-order valence-electron chi connectivity index (χ3n) is 3.69. The van der Waals surface area contributed by atoms with E-state index in [0.29, 0.717) is 0 Å². The molecule has 0 atom stereocenters. The van der Waals surface area contributed by atoms with Gasteiger partial charge in [0.15, 0.2) is 0 Å². The lowest BCUT2D eigenvalue weighted by atomic mass is 9.94. The van der Waals surface area contributed by atoms with Crippen LogP contribution in [0.15, 0.2) is 72.8 Å². The molecular formula is C20H12. The second-order valence-corrected chi connectivity index (χ2v) is 4.88. The highest BCUT2D eigenvalue weighted by atomic mass is 14.1. The molecule has 0 fully saturated rings. The van der Waals surface area contributed by atoms with E-state index >= 15 is 0 Å². The second kappa shape index (κ2) is 4.50. The first kappa shape index (κ1) is 11.2. The Morgan fingerprint density at radius 3 is 1.45 bits per heavy atom. The summed E-state index contributed by atoms with van der Waals surface area (Å²) >= 11 is 0. The van der Waals surface area contributed by atoms with Crippen molar-refractivity contribution in [2.75, 3.05) is 0 Å². The molecule has 0 unspecified atom stereocenters. The fourth-order valence-corrected chi connectivity index (χ4v) is 2.74. The van der Waals surface area contributed by atoms with Crippen molar-refractivity contribution in [1.82, 2.24) is 0 Å². The number of fused-ring (bicyclic) bond motifs is 2. The Bertz CT molecular complexity index is 816. The highest BCUT2D eigenvalue weighted by Gasteiger charge is 2.07. The van der Waals surface area contributed by atoms with Gasteiger partial charge in [-0.05, 0) is 44.8 Å². The van der Waals surface area contributed by atoms with Crippen LogP contribution < -0.4 is 0 Å². The Hall–Kier alpha value is -2.60. The van der Waals surface area contributed by atoms with Gasteiger partial charge in [-0.15, -0.1) is 0 Å². The third-order valence-corrected chi connectivity index (χ3v) is 3.69. The van der Waals surface area contributed by atoms with Gasteiger partial charge in [-0.25, -0.2) is 0 Å². The summed E-state index contributed by atoms with van der Waals surface area (Å²) in [6.07, 6.45) is 0. The molecule has 92 valence electrons. The molecule has 0 heteroatoms. The summed E-state index contributed by atoms with van der Waals surface area (Å²) in [5, 5.41) is 4.93. The molecule has 4 aromatic rings. The molecule has 0 bridgehead atoms. The van der Waals surface area contributed by atoms with Crippen molar-refractivity contribution in [2.24, 2.45) is 0 Å². The first-order valence-corrected chi connectivity index (χ1v) is 6.73. The van der Waals surface area contributed by atoms with Crippen LogP contribution in [-0.4, -0.2) is 0 Å². The van der Waals surface area contributed by atoms with E-state index in [1.807, 2.05) is 12.1 Å². The molecule has 0 aliphatic rings. The van der Waals surface area contributed by atoms with E-state index in [9.17, 15) is 0 Å². The average Bonchev–Trinajstić information content (AvgIpc) is 2.54. The van der Waals surface area contributed by atoms with Crippen molar-refractivity contribution in [2.45, 2.75) is 0 Å². The van der Waals surface area contributed by atoms with Crippen LogP contribution in [-0.2, 0) is 0 Å². The van der Waals surface area contributed by atoms with Crippen LogP contribution in [0.5, 0.6) is 0 Å². The summed E-state index contributed by atoms with van der Waals surface area (Å²) in [7, 11) is 0. The van der Waals surface area contributed by atoms with Crippen LogP contribution >= 0.6 is 0 Å². The smallest absolute Gasteiger partial charge is 0.00141 e. The van der Waals surface area contributed by atoms with Crippen LogP contribution in [0.3, 0.4) is 0 Å². The van der Waals surface area contributed by atoms with Crippen molar-refractivity contribution >= 4 is 21.5 Å². The van der Waals surface area contributed by atoms with Crippen LogP contribution in [0.25, 0.3) is 32.7 Å². The molecule has 0 saturated carbocycles. The van der Waals surface area contributed by atoms with E-state index in [1.54, 1.807) is 0 Å². The predicted molar refractivity (Wildman–Crippen MR) is 84.6 cm³/mol. The molecule has 0 nitrogen and oxygen atoms in total. The molecule has 0 spiro atoms. The van der Waals surface area contributed by atoms with E-state index < -0.39 is 0 Å². The lowest BCUT2D eigenvalue weighted by Gasteiger charge is -2.09. The van der Waals surface area contributed by atoms with E-state index in [2.05, 4.69) is 72.8 Å². The highest BCUT2D eigenvalue weighted by Crippen LogP contribution is 2.32. The first-order chi connectivity index (χ1) is 9.93. The van der Waals surface area contributed by atoms with Crippen molar-refractivity contribution in [3.8, 4) is 11.1 Å². The Morgan fingerprint density at radius 1 is 0.500 bits per heavy atom. The molecule has 0 aliphatic carbocycles. The van der Waals surface area contributed by atoms with Crippen molar-refractivity contribution < 1.29 is 0 Å². The molecule has 0 N–H and O–H groups in total. The van der Waals surface area contributed by atoms with Gasteiger partial charge in [0.2, 0.25) is 0 Å². The number of benzene rings is 4. The summed E-state index contributed by atoms with van der Waals surface area (Å²) in [6.45, 7) is 0. The highest BCUT2D eigenvalue weighted by molar-refractivity contribution is 6.04. The van der Waals surface area contributed by atoms with Crippen LogP contribution in [0.2, 0.25) is 0 Å². The predicted octanol–water partition coefficient (Wildman–Crippen LogP) is 5.26. The van der Waals surface area contributed by atoms with E-state index in [-0.39, 0.29) is 0 Å². The lowest BCUT2D eigenvalue weighted by Crippen LogP contribution is -1.84. The number of hydrogen-bond donors (Lipinski definition) is 0. The van der Waals surface area contributed by atoms with Gasteiger partial charge < -0.3 is 0 Å². The summed E-state index contributed by atoms with van der Waals surface area (Å²) in [4.78, 5) is 0. The molecule has 20 heavy (non-hydrogen) atoms. The van der Waals surface area contributed by atoms with E-state index in [1.165, 1.54) is 21.5 Å². The average molecular weight is 252 g/mol. The zero-order chi connectivity index (χ0) is 13.4. The zero-order valence-electron chi connectivity index (χ0n) is 10.9. The fraction of sp³-hybridized carbons (Fsp3) is 0. The Kier molecular flexibility index (Phi) is 2.53. The quantitative estimate of drug-likeness (QED) is 0.433. The summed E-state index contributed by atoms with van der Waals surface area (Å²) < 4.78 is 0. The molecule has 4 aromatic carbocycles. The molecule has 0 aromatic heterocycles. The standard InChI is InChI=1S/C20H12/c1-3-11-17-15(7-1)9-5-13-19(17)20-14-6-10-16-8-2-4-12-18(16)20/h1-12H.